The van der Waals surface area contributed by atoms with E-state index in [1.807, 2.05) is 95.8 Å². The minimum Gasteiger partial charge on any atom is -0.492 e. The van der Waals surface area contributed by atoms with Gasteiger partial charge in [0, 0.05) is 28.0 Å². The number of amides is 1. The van der Waals surface area contributed by atoms with Gasteiger partial charge in [0.25, 0.3) is 5.91 Å². The third-order valence-electron chi connectivity index (χ3n) is 7.08. The second-order valence-corrected chi connectivity index (χ2v) is 11.8. The Morgan fingerprint density at radius 3 is 2.30 bits per heavy atom. The molecule has 0 bridgehead atoms. The van der Waals surface area contributed by atoms with Crippen LogP contribution < -0.4 is 9.75 Å². The molecule has 1 aromatic heterocycles. The lowest BCUT2D eigenvalue weighted by Gasteiger charge is -2.11. The van der Waals surface area contributed by atoms with E-state index in [0.717, 1.165) is 28.1 Å². The minimum absolute atomic E-state index is 0.185. The van der Waals surface area contributed by atoms with Crippen molar-refractivity contribution in [3.63, 3.8) is 0 Å². The van der Waals surface area contributed by atoms with Crippen LogP contribution in [0.1, 0.15) is 24.5 Å². The summed E-state index contributed by atoms with van der Waals surface area (Å²) in [6, 6.07) is 33.4. The third-order valence-corrected chi connectivity index (χ3v) is 8.40. The normalized spacial score (nSPS) is 13.9. The van der Waals surface area contributed by atoms with Crippen LogP contribution in [-0.4, -0.2) is 33.8 Å². The Labute approximate surface area is 266 Å². The van der Waals surface area contributed by atoms with Gasteiger partial charge in [0.15, 0.2) is 0 Å². The Bertz CT molecular complexity index is 1830. The van der Waals surface area contributed by atoms with Gasteiger partial charge in [0.1, 0.15) is 11.4 Å². The molecule has 2 heterocycles. The van der Waals surface area contributed by atoms with Crippen LogP contribution in [0, 0.1) is 6.92 Å². The summed E-state index contributed by atoms with van der Waals surface area (Å²) in [5.41, 5.74) is 6.33. The Kier molecular flexibility index (Phi) is 8.96. The lowest BCUT2D eigenvalue weighted by molar-refractivity contribution is -0.114. The highest BCUT2D eigenvalue weighted by atomic mass is 35.5. The number of aryl methyl sites for hydroxylation is 1. The summed E-state index contributed by atoms with van der Waals surface area (Å²) < 4.78 is 7.63. The molecule has 0 spiro atoms. The number of benzene rings is 4. The third kappa shape index (κ3) is 6.49. The first-order valence-corrected chi connectivity index (χ1v) is 15.8. The summed E-state index contributed by atoms with van der Waals surface area (Å²) in [6.07, 6.45) is 4.73. The first-order valence-electron chi connectivity index (χ1n) is 14.5. The zero-order valence-corrected chi connectivity index (χ0v) is 26.1. The molecule has 8 heteroatoms. The maximum absolute atomic E-state index is 14.0. The molecule has 44 heavy (non-hydrogen) atoms. The number of hydrogen-bond donors (Lipinski definition) is 0. The largest absolute Gasteiger partial charge is 0.492 e. The van der Waals surface area contributed by atoms with E-state index in [0.29, 0.717) is 45.8 Å². The molecule has 0 N–H and O–H groups in total. The molecule has 220 valence electrons. The SMILES string of the molecule is CCCOc1ccc(-c2nn(-c3ccccc3)cc2C=C2C(=O)N(c3ccccc3)N=C2CSc2ccc(C)cc2)cc1Cl. The number of nitrogens with zero attached hydrogens (tertiary/aromatic N) is 4. The molecule has 0 unspecified atom stereocenters. The van der Waals surface area contributed by atoms with E-state index in [1.165, 1.54) is 10.6 Å². The quantitative estimate of drug-likeness (QED) is 0.116. The first-order chi connectivity index (χ1) is 21.5. The standard InChI is InChI=1S/C36H31ClN4O2S/c1-3-20-43-34-19-16-26(22-32(34)37)35-27(23-40(39-35)28-10-6-4-7-11-28)21-31-33(24-44-30-17-14-25(2)15-18-30)38-41(36(31)42)29-12-8-5-9-13-29/h4-19,21-23H,3,20,24H2,1-2H3. The van der Waals surface area contributed by atoms with Crippen LogP contribution in [0.3, 0.4) is 0 Å². The number of hydrazone groups is 1. The average Bonchev–Trinajstić information content (AvgIpc) is 3.62. The number of carbonyl (C=O) groups excluding carboxylic acids is 1. The average molecular weight is 619 g/mol. The van der Waals surface area contributed by atoms with Crippen molar-refractivity contribution in [2.24, 2.45) is 5.10 Å². The fourth-order valence-electron chi connectivity index (χ4n) is 4.80. The van der Waals surface area contributed by atoms with Gasteiger partial charge in [-0.2, -0.15) is 15.2 Å². The number of carbonyl (C=O) groups is 1. The second kappa shape index (κ2) is 13.4. The number of halogens is 1. The van der Waals surface area contributed by atoms with Gasteiger partial charge < -0.3 is 4.74 Å². The predicted molar refractivity (Wildman–Crippen MR) is 181 cm³/mol. The van der Waals surface area contributed by atoms with Crippen LogP contribution in [0.25, 0.3) is 23.0 Å². The molecule has 0 saturated carbocycles. The van der Waals surface area contributed by atoms with Crippen molar-refractivity contribution in [2.45, 2.75) is 25.2 Å². The second-order valence-electron chi connectivity index (χ2n) is 10.4. The van der Waals surface area contributed by atoms with Gasteiger partial charge in [0.05, 0.1) is 34.3 Å². The van der Waals surface area contributed by atoms with Crippen LogP contribution in [0.15, 0.2) is 125 Å². The number of thioether (sulfide) groups is 1. The predicted octanol–water partition coefficient (Wildman–Crippen LogP) is 8.87. The zero-order chi connectivity index (χ0) is 30.5. The van der Waals surface area contributed by atoms with Crippen LogP contribution in [0.2, 0.25) is 5.02 Å². The number of aromatic nitrogens is 2. The molecule has 0 fully saturated rings. The number of para-hydroxylation sites is 2. The Morgan fingerprint density at radius 2 is 1.61 bits per heavy atom. The molecule has 6 nitrogen and oxygen atoms in total. The molecule has 1 aliphatic rings. The van der Waals surface area contributed by atoms with Crippen LogP contribution in [0.4, 0.5) is 5.69 Å². The number of rotatable bonds is 10. The highest BCUT2D eigenvalue weighted by Crippen LogP contribution is 2.34. The van der Waals surface area contributed by atoms with Gasteiger partial charge >= 0.3 is 0 Å². The monoisotopic (exact) mass is 618 g/mol. The summed E-state index contributed by atoms with van der Waals surface area (Å²) in [4.78, 5) is 15.1. The molecule has 1 amide bonds. The van der Waals surface area contributed by atoms with Crippen molar-refractivity contribution < 1.29 is 9.53 Å². The van der Waals surface area contributed by atoms with Gasteiger partial charge in [-0.3, -0.25) is 4.79 Å². The number of hydrogen-bond acceptors (Lipinski definition) is 5. The molecule has 0 saturated heterocycles. The number of ether oxygens (including phenoxy) is 1. The molecule has 1 aliphatic heterocycles. The molecule has 0 radical (unpaired) electrons. The van der Waals surface area contributed by atoms with E-state index >= 15 is 0 Å². The van der Waals surface area contributed by atoms with Crippen molar-refractivity contribution in [3.8, 4) is 22.7 Å². The van der Waals surface area contributed by atoms with E-state index < -0.39 is 0 Å². The highest BCUT2D eigenvalue weighted by Gasteiger charge is 2.31. The van der Waals surface area contributed by atoms with Crippen molar-refractivity contribution >= 4 is 46.7 Å². The molecular formula is C36H31ClN4O2S. The van der Waals surface area contributed by atoms with E-state index in [1.54, 1.807) is 11.8 Å². The molecule has 0 atom stereocenters. The Balaban J connectivity index is 1.43. The molecular weight excluding hydrogens is 588 g/mol. The summed E-state index contributed by atoms with van der Waals surface area (Å²) in [7, 11) is 0. The topological polar surface area (TPSA) is 59.7 Å². The molecule has 6 rings (SSSR count). The van der Waals surface area contributed by atoms with E-state index in [2.05, 4.69) is 38.1 Å². The van der Waals surface area contributed by atoms with Crippen molar-refractivity contribution in [2.75, 3.05) is 17.4 Å². The fraction of sp³-hybridized carbons (Fsp3) is 0.139. The van der Waals surface area contributed by atoms with Crippen molar-refractivity contribution in [3.05, 3.63) is 131 Å². The van der Waals surface area contributed by atoms with Crippen LogP contribution in [-0.2, 0) is 4.79 Å². The Hall–Kier alpha value is -4.59. The van der Waals surface area contributed by atoms with Gasteiger partial charge in [-0.05, 0) is 74.0 Å². The minimum atomic E-state index is -0.185. The number of anilines is 1. The van der Waals surface area contributed by atoms with Crippen LogP contribution >= 0.6 is 23.4 Å². The zero-order valence-electron chi connectivity index (χ0n) is 24.5. The fourth-order valence-corrected chi connectivity index (χ4v) is 5.88. The summed E-state index contributed by atoms with van der Waals surface area (Å²) in [5.74, 6) is 0.976. The van der Waals surface area contributed by atoms with Gasteiger partial charge in [-0.1, -0.05) is 72.6 Å². The maximum Gasteiger partial charge on any atom is 0.280 e. The maximum atomic E-state index is 14.0. The first kappa shape index (κ1) is 29.5. The lowest BCUT2D eigenvalue weighted by atomic mass is 10.0. The summed E-state index contributed by atoms with van der Waals surface area (Å²) >= 11 is 8.30. The van der Waals surface area contributed by atoms with Crippen molar-refractivity contribution in [1.82, 2.24) is 9.78 Å². The Morgan fingerprint density at radius 1 is 0.909 bits per heavy atom. The summed E-state index contributed by atoms with van der Waals surface area (Å²) in [5, 5.41) is 11.8. The molecule has 4 aromatic carbocycles. The smallest absolute Gasteiger partial charge is 0.280 e. The van der Waals surface area contributed by atoms with E-state index in [4.69, 9.17) is 26.5 Å². The van der Waals surface area contributed by atoms with Crippen molar-refractivity contribution in [1.29, 1.82) is 0 Å². The van der Waals surface area contributed by atoms with Gasteiger partial charge in [-0.25, -0.2) is 4.68 Å². The molecule has 5 aromatic rings. The van der Waals surface area contributed by atoms with Gasteiger partial charge in [0.2, 0.25) is 0 Å². The lowest BCUT2D eigenvalue weighted by Crippen LogP contribution is -2.21. The summed E-state index contributed by atoms with van der Waals surface area (Å²) in [6.45, 7) is 4.71. The van der Waals surface area contributed by atoms with E-state index in [-0.39, 0.29) is 5.91 Å². The molecule has 0 aliphatic carbocycles. The highest BCUT2D eigenvalue weighted by molar-refractivity contribution is 8.00. The van der Waals surface area contributed by atoms with Crippen LogP contribution in [0.5, 0.6) is 5.75 Å². The van der Waals surface area contributed by atoms with E-state index in [9.17, 15) is 4.79 Å². The van der Waals surface area contributed by atoms with Gasteiger partial charge in [-0.15, -0.1) is 11.8 Å².